The van der Waals surface area contributed by atoms with Crippen molar-refractivity contribution in [2.24, 2.45) is 0 Å². The van der Waals surface area contributed by atoms with E-state index in [1.54, 1.807) is 30.3 Å². The number of hydrogen-bond acceptors (Lipinski definition) is 2. The second kappa shape index (κ2) is 6.87. The van der Waals surface area contributed by atoms with Crippen molar-refractivity contribution in [1.29, 1.82) is 0 Å². The molecule has 0 radical (unpaired) electrons. The highest BCUT2D eigenvalue weighted by atomic mass is 127. The van der Waals surface area contributed by atoms with E-state index in [0.29, 0.717) is 16.3 Å². The first-order valence-corrected chi connectivity index (χ1v) is 7.79. The molecule has 2 rings (SSSR count). The highest BCUT2D eigenvalue weighted by Crippen LogP contribution is 2.32. The fraction of sp³-hybridized carbons (Fsp3) is 0.0714. The van der Waals surface area contributed by atoms with Crippen LogP contribution < -0.4 is 4.74 Å². The summed E-state index contributed by atoms with van der Waals surface area (Å²) in [7, 11) is 0. The van der Waals surface area contributed by atoms with Gasteiger partial charge in [0, 0.05) is 10.6 Å². The number of rotatable bonds is 4. The average molecular weight is 469 g/mol. The molecule has 0 saturated heterocycles. The van der Waals surface area contributed by atoms with Crippen LogP contribution in [0.3, 0.4) is 0 Å². The number of Topliss-reactive ketones (excluding diaryl/α,β-unsaturated/α-hetero) is 1. The van der Waals surface area contributed by atoms with Crippen molar-refractivity contribution in [2.45, 2.75) is 0 Å². The zero-order chi connectivity index (χ0) is 14.7. The molecule has 0 fully saturated rings. The lowest BCUT2D eigenvalue weighted by atomic mass is 10.1. The van der Waals surface area contributed by atoms with Crippen molar-refractivity contribution in [3.63, 3.8) is 0 Å². The van der Waals surface area contributed by atoms with E-state index < -0.39 is 5.82 Å². The second-order valence-corrected chi connectivity index (χ2v) is 6.28. The van der Waals surface area contributed by atoms with E-state index in [9.17, 15) is 9.18 Å². The monoisotopic (exact) mass is 468 g/mol. The van der Waals surface area contributed by atoms with E-state index in [1.165, 1.54) is 6.07 Å². The van der Waals surface area contributed by atoms with Gasteiger partial charge in [-0.1, -0.05) is 11.6 Å². The first-order valence-electron chi connectivity index (χ1n) is 5.54. The molecule has 20 heavy (non-hydrogen) atoms. The van der Waals surface area contributed by atoms with Crippen LogP contribution in [0.4, 0.5) is 4.39 Å². The van der Waals surface area contributed by atoms with Gasteiger partial charge < -0.3 is 4.74 Å². The fourth-order valence-corrected chi connectivity index (χ4v) is 3.06. The normalized spacial score (nSPS) is 10.4. The molecule has 0 atom stereocenters. The van der Waals surface area contributed by atoms with Crippen molar-refractivity contribution in [1.82, 2.24) is 0 Å². The fourth-order valence-electron chi connectivity index (χ4n) is 1.50. The average Bonchev–Trinajstić information content (AvgIpc) is 2.43. The maximum absolute atomic E-state index is 13.4. The topological polar surface area (TPSA) is 26.3 Å². The summed E-state index contributed by atoms with van der Waals surface area (Å²) in [6, 6.07) is 9.44. The first-order chi connectivity index (χ1) is 9.49. The predicted molar refractivity (Wildman–Crippen MR) is 88.1 cm³/mol. The lowest BCUT2D eigenvalue weighted by molar-refractivity contribution is 0.0920. The number of benzene rings is 2. The molecule has 2 nitrogen and oxygen atoms in total. The van der Waals surface area contributed by atoms with E-state index in [1.807, 2.05) is 22.6 Å². The first kappa shape index (κ1) is 15.7. The maximum Gasteiger partial charge on any atom is 0.200 e. The summed E-state index contributed by atoms with van der Waals surface area (Å²) < 4.78 is 19.8. The van der Waals surface area contributed by atoms with Gasteiger partial charge in [-0.25, -0.2) is 4.39 Å². The van der Waals surface area contributed by atoms with Crippen LogP contribution in [0.5, 0.6) is 5.75 Å². The molecule has 0 aliphatic carbocycles. The predicted octanol–water partition coefficient (Wildman–Crippen LogP) is 5.11. The van der Waals surface area contributed by atoms with E-state index in [4.69, 9.17) is 16.3 Å². The van der Waals surface area contributed by atoms with Gasteiger partial charge in [0.05, 0.1) is 8.04 Å². The van der Waals surface area contributed by atoms with Crippen molar-refractivity contribution in [3.8, 4) is 5.75 Å². The molecule has 0 bridgehead atoms. The van der Waals surface area contributed by atoms with Crippen LogP contribution in [-0.4, -0.2) is 12.4 Å². The third-order valence-corrected chi connectivity index (χ3v) is 4.36. The zero-order valence-corrected chi connectivity index (χ0v) is 14.5. The highest BCUT2D eigenvalue weighted by molar-refractivity contribution is 14.1. The molecular weight excluding hydrogens is 461 g/mol. The molecule has 0 N–H and O–H groups in total. The quantitative estimate of drug-likeness (QED) is 0.354. The Morgan fingerprint density at radius 1 is 1.25 bits per heavy atom. The lowest BCUT2D eigenvalue weighted by Crippen LogP contribution is -2.12. The number of ketones is 1. The van der Waals surface area contributed by atoms with Crippen LogP contribution >= 0.6 is 50.1 Å². The molecular formula is C14H8BrClFIO2. The second-order valence-electron chi connectivity index (χ2n) is 3.89. The molecule has 0 saturated carbocycles. The summed E-state index contributed by atoms with van der Waals surface area (Å²) in [4.78, 5) is 12.0. The standard InChI is InChI=1S/C14H8BrClFIO2/c15-13-10(17)5-6-11(18)14(13)20-7-12(19)8-1-3-9(16)4-2-8/h1-6H,7H2. The molecule has 2 aromatic rings. The molecule has 104 valence electrons. The number of ether oxygens (including phenoxy) is 1. The third-order valence-electron chi connectivity index (χ3n) is 2.52. The van der Waals surface area contributed by atoms with E-state index >= 15 is 0 Å². The van der Waals surface area contributed by atoms with E-state index in [0.717, 1.165) is 3.57 Å². The minimum absolute atomic E-state index is 0.167. The van der Waals surface area contributed by atoms with Gasteiger partial charge in [0.15, 0.2) is 12.4 Å². The van der Waals surface area contributed by atoms with Crippen molar-refractivity contribution >= 4 is 55.9 Å². The SMILES string of the molecule is O=C(COc1c(I)ccc(F)c1Br)c1ccc(Cl)cc1. The molecule has 0 aromatic heterocycles. The number of halogens is 4. The Labute approximate surface area is 142 Å². The van der Waals surface area contributed by atoms with Crippen LogP contribution in [0.25, 0.3) is 0 Å². The van der Waals surface area contributed by atoms with Crippen molar-refractivity contribution < 1.29 is 13.9 Å². The van der Waals surface area contributed by atoms with Gasteiger partial charge in [0.1, 0.15) is 11.6 Å². The molecule has 0 aliphatic heterocycles. The Hall–Kier alpha value is -0.660. The molecule has 0 spiro atoms. The summed E-state index contributed by atoms with van der Waals surface area (Å²) in [6.07, 6.45) is 0. The van der Waals surface area contributed by atoms with Crippen molar-refractivity contribution in [2.75, 3.05) is 6.61 Å². The summed E-state index contributed by atoms with van der Waals surface area (Å²) in [6.45, 7) is -0.167. The van der Waals surface area contributed by atoms with Gasteiger partial charge in [-0.3, -0.25) is 4.79 Å². The van der Waals surface area contributed by atoms with Gasteiger partial charge in [-0.15, -0.1) is 0 Å². The van der Waals surface area contributed by atoms with E-state index in [2.05, 4.69) is 15.9 Å². The minimum Gasteiger partial charge on any atom is -0.483 e. The third kappa shape index (κ3) is 3.71. The Morgan fingerprint density at radius 2 is 1.90 bits per heavy atom. The highest BCUT2D eigenvalue weighted by Gasteiger charge is 2.14. The molecule has 6 heteroatoms. The van der Waals surface area contributed by atoms with Gasteiger partial charge in [0.25, 0.3) is 0 Å². The Balaban J connectivity index is 2.11. The largest absolute Gasteiger partial charge is 0.483 e. The summed E-state index contributed by atoms with van der Waals surface area (Å²) in [5.74, 6) is -0.305. The Bertz CT molecular complexity index is 646. The van der Waals surface area contributed by atoms with Gasteiger partial charge in [-0.2, -0.15) is 0 Å². The van der Waals surface area contributed by atoms with Crippen LogP contribution in [-0.2, 0) is 0 Å². The number of carbonyl (C=O) groups excluding carboxylic acids is 1. The van der Waals surface area contributed by atoms with Crippen molar-refractivity contribution in [3.05, 3.63) is 60.8 Å². The van der Waals surface area contributed by atoms with Crippen LogP contribution in [0.15, 0.2) is 40.9 Å². The summed E-state index contributed by atoms with van der Waals surface area (Å²) in [5.41, 5.74) is 0.497. The molecule has 0 aliphatic rings. The summed E-state index contributed by atoms with van der Waals surface area (Å²) >= 11 is 10.9. The van der Waals surface area contributed by atoms with Gasteiger partial charge in [-0.05, 0) is 74.9 Å². The lowest BCUT2D eigenvalue weighted by Gasteiger charge is -2.10. The summed E-state index contributed by atoms with van der Waals surface area (Å²) in [5, 5.41) is 0.560. The Kier molecular flexibility index (Phi) is 5.40. The van der Waals surface area contributed by atoms with Crippen LogP contribution in [0.1, 0.15) is 10.4 Å². The van der Waals surface area contributed by atoms with Gasteiger partial charge in [0.2, 0.25) is 0 Å². The molecule has 0 heterocycles. The van der Waals surface area contributed by atoms with Crippen LogP contribution in [0, 0.1) is 9.39 Å². The maximum atomic E-state index is 13.4. The van der Waals surface area contributed by atoms with E-state index in [-0.39, 0.29) is 16.9 Å². The minimum atomic E-state index is -0.431. The molecule has 2 aromatic carbocycles. The molecule has 0 amide bonds. The molecule has 0 unspecified atom stereocenters. The number of hydrogen-bond donors (Lipinski definition) is 0. The van der Waals surface area contributed by atoms with Gasteiger partial charge >= 0.3 is 0 Å². The van der Waals surface area contributed by atoms with Crippen LogP contribution in [0.2, 0.25) is 5.02 Å². The zero-order valence-electron chi connectivity index (χ0n) is 10.00. The Morgan fingerprint density at radius 3 is 2.55 bits per heavy atom. The smallest absolute Gasteiger partial charge is 0.200 e. The number of carbonyl (C=O) groups is 1.